The number of amides is 1. The van der Waals surface area contributed by atoms with Crippen LogP contribution < -0.4 is 5.32 Å². The predicted octanol–water partition coefficient (Wildman–Crippen LogP) is 3.17. The van der Waals surface area contributed by atoms with Crippen molar-refractivity contribution in [3.63, 3.8) is 0 Å². The molecule has 1 N–H and O–H groups in total. The average Bonchev–Trinajstić information content (AvgIpc) is 3.10. The number of rotatable bonds is 6. The molecule has 0 aliphatic rings. The van der Waals surface area contributed by atoms with Crippen LogP contribution in [0.4, 0.5) is 0 Å². The number of hydrogen-bond donors (Lipinski definition) is 1. The molecule has 0 spiro atoms. The topological polar surface area (TPSA) is 50.2 Å². The second-order valence-electron chi connectivity index (χ2n) is 6.12. The molecule has 134 valence electrons. The first-order valence-corrected chi connectivity index (χ1v) is 8.80. The summed E-state index contributed by atoms with van der Waals surface area (Å²) >= 11 is 1.51. The number of nitrogens with zero attached hydrogens (tertiary/aromatic N) is 3. The quantitative estimate of drug-likeness (QED) is 0.716. The van der Waals surface area contributed by atoms with Crippen molar-refractivity contribution < 1.29 is 4.79 Å². The third-order valence-corrected chi connectivity index (χ3v) is 5.00. The molecule has 0 fully saturated rings. The van der Waals surface area contributed by atoms with Gasteiger partial charge in [0.15, 0.2) is 0 Å². The molecule has 25 heavy (non-hydrogen) atoms. The van der Waals surface area contributed by atoms with Gasteiger partial charge in [-0.15, -0.1) is 23.7 Å². The van der Waals surface area contributed by atoms with Gasteiger partial charge in [-0.05, 0) is 32.6 Å². The minimum Gasteiger partial charge on any atom is -0.350 e. The number of likely N-dealkylation sites (N-methyl/N-ethyl adjacent to an activating group) is 1. The van der Waals surface area contributed by atoms with Crippen molar-refractivity contribution in [1.82, 2.24) is 20.0 Å². The molecule has 2 aromatic heterocycles. The van der Waals surface area contributed by atoms with Crippen LogP contribution >= 0.6 is 23.7 Å². The predicted molar refractivity (Wildman–Crippen MR) is 106 cm³/mol. The summed E-state index contributed by atoms with van der Waals surface area (Å²) in [5.41, 5.74) is 2.16. The van der Waals surface area contributed by atoms with Crippen molar-refractivity contribution in [2.24, 2.45) is 0 Å². The Balaban J connectivity index is 0.00000225. The lowest BCUT2D eigenvalue weighted by Crippen LogP contribution is -2.30. The first-order chi connectivity index (χ1) is 11.5. The Morgan fingerprint density at radius 1 is 1.28 bits per heavy atom. The molecule has 1 aromatic carbocycles. The zero-order chi connectivity index (χ0) is 17.1. The van der Waals surface area contributed by atoms with E-state index < -0.39 is 0 Å². The second-order valence-corrected chi connectivity index (χ2v) is 7.15. The number of benzene rings is 1. The molecule has 1 amide bonds. The molecule has 3 rings (SSSR count). The number of nitrogens with one attached hydrogen (secondary N) is 1. The van der Waals surface area contributed by atoms with Crippen molar-refractivity contribution in [2.75, 3.05) is 27.2 Å². The van der Waals surface area contributed by atoms with Crippen molar-refractivity contribution in [3.05, 3.63) is 52.5 Å². The van der Waals surface area contributed by atoms with E-state index in [1.54, 1.807) is 0 Å². The standard InChI is InChI=1S/C18H22N4OS.ClH/c1-13-15-11-16(17(23)19-9-10-21(2)3)24-18(15)22(20-13)12-14-7-5-4-6-8-14;/h4-8,11H,9-10,12H2,1-3H3,(H,19,23);1H. The minimum absolute atomic E-state index is 0. The maximum absolute atomic E-state index is 12.3. The van der Waals surface area contributed by atoms with Gasteiger partial charge in [-0.2, -0.15) is 5.10 Å². The highest BCUT2D eigenvalue weighted by Crippen LogP contribution is 2.28. The van der Waals surface area contributed by atoms with Crippen LogP contribution in [0, 0.1) is 6.92 Å². The highest BCUT2D eigenvalue weighted by atomic mass is 35.5. The van der Waals surface area contributed by atoms with Gasteiger partial charge in [0.2, 0.25) is 0 Å². The molecule has 0 bridgehead atoms. The van der Waals surface area contributed by atoms with Gasteiger partial charge >= 0.3 is 0 Å². The van der Waals surface area contributed by atoms with Crippen molar-refractivity contribution >= 4 is 39.9 Å². The van der Waals surface area contributed by atoms with E-state index in [1.165, 1.54) is 16.9 Å². The molecule has 2 heterocycles. The number of hydrogen-bond acceptors (Lipinski definition) is 4. The summed E-state index contributed by atoms with van der Waals surface area (Å²) in [6.07, 6.45) is 0. The number of carbonyl (C=O) groups excluding carboxylic acids is 1. The second kappa shape index (κ2) is 8.47. The molecule has 0 aliphatic carbocycles. The summed E-state index contributed by atoms with van der Waals surface area (Å²) in [6, 6.07) is 12.2. The zero-order valence-corrected chi connectivity index (χ0v) is 16.3. The summed E-state index contributed by atoms with van der Waals surface area (Å²) in [4.78, 5) is 16.2. The number of fused-ring (bicyclic) bond motifs is 1. The number of aryl methyl sites for hydroxylation is 1. The normalized spacial score (nSPS) is 10.9. The molecular weight excluding hydrogens is 356 g/mol. The lowest BCUT2D eigenvalue weighted by molar-refractivity contribution is 0.0955. The summed E-state index contributed by atoms with van der Waals surface area (Å²) in [5, 5.41) is 8.65. The number of thiophene rings is 1. The molecule has 0 atom stereocenters. The molecular formula is C18H23ClN4OS. The van der Waals surface area contributed by atoms with Crippen LogP contribution in [0.25, 0.3) is 10.2 Å². The van der Waals surface area contributed by atoms with E-state index in [2.05, 4.69) is 22.5 Å². The van der Waals surface area contributed by atoms with Gasteiger partial charge in [0.05, 0.1) is 17.1 Å². The molecule has 0 radical (unpaired) electrons. The Morgan fingerprint density at radius 3 is 2.68 bits per heavy atom. The third kappa shape index (κ3) is 4.60. The van der Waals surface area contributed by atoms with Gasteiger partial charge < -0.3 is 10.2 Å². The Morgan fingerprint density at radius 2 is 2.00 bits per heavy atom. The molecule has 0 unspecified atom stereocenters. The first kappa shape index (κ1) is 19.4. The Bertz CT molecular complexity index is 842. The van der Waals surface area contributed by atoms with Crippen molar-refractivity contribution in [3.8, 4) is 0 Å². The minimum atomic E-state index is -0.0105. The Hall–Kier alpha value is -1.89. The largest absolute Gasteiger partial charge is 0.350 e. The maximum atomic E-state index is 12.3. The van der Waals surface area contributed by atoms with E-state index in [0.29, 0.717) is 13.1 Å². The lowest BCUT2D eigenvalue weighted by Gasteiger charge is -2.09. The molecule has 0 saturated heterocycles. The monoisotopic (exact) mass is 378 g/mol. The fourth-order valence-corrected chi connectivity index (χ4v) is 3.65. The average molecular weight is 379 g/mol. The number of aromatic nitrogens is 2. The summed E-state index contributed by atoms with van der Waals surface area (Å²) < 4.78 is 1.99. The van der Waals surface area contributed by atoms with Gasteiger partial charge in [-0.1, -0.05) is 30.3 Å². The van der Waals surface area contributed by atoms with E-state index in [9.17, 15) is 4.79 Å². The van der Waals surface area contributed by atoms with E-state index >= 15 is 0 Å². The fraction of sp³-hybridized carbons (Fsp3) is 0.333. The van der Waals surface area contributed by atoms with Crippen LogP contribution in [0.3, 0.4) is 0 Å². The first-order valence-electron chi connectivity index (χ1n) is 7.98. The van der Waals surface area contributed by atoms with Crippen LogP contribution in [0.1, 0.15) is 20.9 Å². The van der Waals surface area contributed by atoms with E-state index in [0.717, 1.165) is 27.3 Å². The van der Waals surface area contributed by atoms with Gasteiger partial charge in [0, 0.05) is 18.5 Å². The highest BCUT2D eigenvalue weighted by molar-refractivity contribution is 7.20. The molecule has 0 saturated carbocycles. The smallest absolute Gasteiger partial charge is 0.261 e. The van der Waals surface area contributed by atoms with Gasteiger partial charge in [-0.25, -0.2) is 0 Å². The van der Waals surface area contributed by atoms with Gasteiger partial charge in [0.25, 0.3) is 5.91 Å². The third-order valence-electron chi connectivity index (χ3n) is 3.85. The van der Waals surface area contributed by atoms with E-state index in [-0.39, 0.29) is 18.3 Å². The number of carbonyl (C=O) groups is 1. The summed E-state index contributed by atoms with van der Waals surface area (Å²) in [7, 11) is 3.99. The summed E-state index contributed by atoms with van der Waals surface area (Å²) in [6.45, 7) is 4.18. The summed E-state index contributed by atoms with van der Waals surface area (Å²) in [5.74, 6) is -0.0105. The van der Waals surface area contributed by atoms with Gasteiger partial charge in [0.1, 0.15) is 4.83 Å². The van der Waals surface area contributed by atoms with Gasteiger partial charge in [-0.3, -0.25) is 9.48 Å². The van der Waals surface area contributed by atoms with Crippen LogP contribution in [-0.4, -0.2) is 47.8 Å². The molecule has 3 aromatic rings. The molecule has 5 nitrogen and oxygen atoms in total. The fourth-order valence-electron chi connectivity index (χ4n) is 2.57. The molecule has 0 aliphatic heterocycles. The SMILES string of the molecule is Cc1nn(Cc2ccccc2)c2sc(C(=O)NCCN(C)C)cc12.Cl. The van der Waals surface area contributed by atoms with Crippen LogP contribution in [0.2, 0.25) is 0 Å². The molecule has 7 heteroatoms. The zero-order valence-electron chi connectivity index (χ0n) is 14.7. The van der Waals surface area contributed by atoms with Crippen molar-refractivity contribution in [2.45, 2.75) is 13.5 Å². The van der Waals surface area contributed by atoms with Crippen LogP contribution in [-0.2, 0) is 6.54 Å². The highest BCUT2D eigenvalue weighted by Gasteiger charge is 2.16. The Labute approximate surface area is 158 Å². The van der Waals surface area contributed by atoms with Crippen molar-refractivity contribution in [1.29, 1.82) is 0 Å². The maximum Gasteiger partial charge on any atom is 0.261 e. The Kier molecular flexibility index (Phi) is 6.58. The number of halogens is 1. The van der Waals surface area contributed by atoms with Crippen LogP contribution in [0.15, 0.2) is 36.4 Å². The lowest BCUT2D eigenvalue weighted by atomic mass is 10.2. The van der Waals surface area contributed by atoms with Crippen LogP contribution in [0.5, 0.6) is 0 Å². The van der Waals surface area contributed by atoms with E-state index in [1.807, 2.05) is 54.9 Å². The van der Waals surface area contributed by atoms with E-state index in [4.69, 9.17) is 0 Å².